The monoisotopic (exact) mass is 297 g/mol. The lowest BCUT2D eigenvalue weighted by molar-refractivity contribution is 0.199. The van der Waals surface area contributed by atoms with E-state index in [4.69, 9.17) is 0 Å². The summed E-state index contributed by atoms with van der Waals surface area (Å²) >= 11 is 0. The molecule has 1 aromatic carbocycles. The molecule has 5 heteroatoms. The highest BCUT2D eigenvalue weighted by Crippen LogP contribution is 2.29. The molecule has 20 heavy (non-hydrogen) atoms. The minimum absolute atomic E-state index is 0.0268. The average Bonchev–Trinajstić information content (AvgIpc) is 2.38. The molecule has 0 saturated carbocycles. The number of aliphatic hydroxyl groups excluding tert-OH is 1. The molecule has 112 valence electrons. The zero-order valence-corrected chi connectivity index (χ0v) is 13.1. The molecule has 0 aliphatic carbocycles. The van der Waals surface area contributed by atoms with E-state index in [0.717, 1.165) is 12.8 Å². The Morgan fingerprint density at radius 3 is 2.65 bits per heavy atom. The molecule has 1 aliphatic heterocycles. The molecule has 3 unspecified atom stereocenters. The van der Waals surface area contributed by atoms with Crippen molar-refractivity contribution in [2.45, 2.75) is 50.7 Å². The summed E-state index contributed by atoms with van der Waals surface area (Å²) < 4.78 is 27.0. The van der Waals surface area contributed by atoms with Gasteiger partial charge in [0.2, 0.25) is 10.0 Å². The van der Waals surface area contributed by atoms with Gasteiger partial charge in [-0.05, 0) is 50.3 Å². The predicted octanol–water partition coefficient (Wildman–Crippen LogP) is 2.55. The topological polar surface area (TPSA) is 57.6 Å². The van der Waals surface area contributed by atoms with Crippen LogP contribution in [0.5, 0.6) is 0 Å². The number of aliphatic hydroxyl groups is 1. The molecule has 1 saturated heterocycles. The van der Waals surface area contributed by atoms with Crippen LogP contribution < -0.4 is 0 Å². The number of nitrogens with zero attached hydrogens (tertiary/aromatic N) is 1. The van der Waals surface area contributed by atoms with Gasteiger partial charge in [0, 0.05) is 12.6 Å². The van der Waals surface area contributed by atoms with Gasteiger partial charge in [-0.1, -0.05) is 19.1 Å². The maximum Gasteiger partial charge on any atom is 0.243 e. The van der Waals surface area contributed by atoms with Gasteiger partial charge in [0.25, 0.3) is 0 Å². The Morgan fingerprint density at radius 2 is 2.05 bits per heavy atom. The lowest BCUT2D eigenvalue weighted by Crippen LogP contribution is -2.44. The van der Waals surface area contributed by atoms with Gasteiger partial charge in [0.1, 0.15) is 0 Å². The van der Waals surface area contributed by atoms with E-state index < -0.39 is 16.1 Å². The van der Waals surface area contributed by atoms with Crippen LogP contribution in [0, 0.1) is 5.92 Å². The number of sulfonamides is 1. The van der Waals surface area contributed by atoms with Crippen molar-refractivity contribution in [1.29, 1.82) is 0 Å². The zero-order chi connectivity index (χ0) is 14.9. The molecule has 1 N–H and O–H groups in total. The molecular formula is C15H23NO3S. The van der Waals surface area contributed by atoms with E-state index in [1.165, 1.54) is 0 Å². The summed E-state index contributed by atoms with van der Waals surface area (Å²) in [5.74, 6) is 0.570. The molecule has 1 aromatic rings. The van der Waals surface area contributed by atoms with Crippen LogP contribution in [0.2, 0.25) is 0 Å². The van der Waals surface area contributed by atoms with E-state index in [-0.39, 0.29) is 10.9 Å². The fraction of sp³-hybridized carbons (Fsp3) is 0.600. The van der Waals surface area contributed by atoms with Gasteiger partial charge < -0.3 is 5.11 Å². The minimum Gasteiger partial charge on any atom is -0.389 e. The number of hydrogen-bond donors (Lipinski definition) is 1. The smallest absolute Gasteiger partial charge is 0.243 e. The third-order valence-electron chi connectivity index (χ3n) is 4.02. The van der Waals surface area contributed by atoms with E-state index >= 15 is 0 Å². The number of rotatable bonds is 3. The van der Waals surface area contributed by atoms with Crippen LogP contribution in [0.25, 0.3) is 0 Å². The highest BCUT2D eigenvalue weighted by atomic mass is 32.2. The fourth-order valence-corrected chi connectivity index (χ4v) is 4.53. The summed E-state index contributed by atoms with van der Waals surface area (Å²) in [5.41, 5.74) is 0.629. The van der Waals surface area contributed by atoms with Gasteiger partial charge in [-0.2, -0.15) is 4.31 Å². The lowest BCUT2D eigenvalue weighted by Gasteiger charge is -2.35. The summed E-state index contributed by atoms with van der Waals surface area (Å²) in [4.78, 5) is 0.275. The quantitative estimate of drug-likeness (QED) is 0.933. The van der Waals surface area contributed by atoms with Crippen LogP contribution in [0.3, 0.4) is 0 Å². The Kier molecular flexibility index (Phi) is 4.52. The molecule has 0 radical (unpaired) electrons. The molecule has 0 aromatic heterocycles. The Labute approximate surface area is 121 Å². The van der Waals surface area contributed by atoms with Crippen molar-refractivity contribution in [2.24, 2.45) is 5.92 Å². The third kappa shape index (κ3) is 3.05. The molecule has 1 fully saturated rings. The van der Waals surface area contributed by atoms with Gasteiger partial charge in [0.05, 0.1) is 11.0 Å². The largest absolute Gasteiger partial charge is 0.389 e. The zero-order valence-electron chi connectivity index (χ0n) is 12.3. The van der Waals surface area contributed by atoms with E-state index in [0.29, 0.717) is 18.0 Å². The first-order valence-corrected chi connectivity index (χ1v) is 8.56. The Balaban J connectivity index is 2.33. The number of benzene rings is 1. The third-order valence-corrected chi connectivity index (χ3v) is 6.03. The second-order valence-corrected chi connectivity index (χ2v) is 7.73. The van der Waals surface area contributed by atoms with Gasteiger partial charge in [-0.25, -0.2) is 8.42 Å². The molecule has 0 amide bonds. The number of hydrogen-bond acceptors (Lipinski definition) is 3. The van der Waals surface area contributed by atoms with Gasteiger partial charge in [-0.15, -0.1) is 0 Å². The van der Waals surface area contributed by atoms with Crippen LogP contribution in [-0.2, 0) is 10.0 Å². The van der Waals surface area contributed by atoms with Crippen molar-refractivity contribution < 1.29 is 13.5 Å². The highest BCUT2D eigenvalue weighted by Gasteiger charge is 2.33. The Bertz CT molecular complexity index is 568. The van der Waals surface area contributed by atoms with Crippen molar-refractivity contribution >= 4 is 10.0 Å². The molecule has 0 bridgehead atoms. The van der Waals surface area contributed by atoms with Gasteiger partial charge >= 0.3 is 0 Å². The van der Waals surface area contributed by atoms with E-state index in [9.17, 15) is 13.5 Å². The van der Waals surface area contributed by atoms with E-state index in [2.05, 4.69) is 6.92 Å². The molecule has 2 rings (SSSR count). The second-order valence-electron chi connectivity index (χ2n) is 5.84. The van der Waals surface area contributed by atoms with Crippen molar-refractivity contribution in [2.75, 3.05) is 6.54 Å². The molecular weight excluding hydrogens is 274 g/mol. The minimum atomic E-state index is -3.47. The molecule has 4 nitrogen and oxygen atoms in total. The van der Waals surface area contributed by atoms with Crippen molar-refractivity contribution in [3.8, 4) is 0 Å². The maximum atomic E-state index is 12.7. The first-order valence-electron chi connectivity index (χ1n) is 7.12. The molecule has 1 aliphatic rings. The summed E-state index contributed by atoms with van der Waals surface area (Å²) in [6.07, 6.45) is 1.14. The lowest BCUT2D eigenvalue weighted by atomic mass is 9.95. The standard InChI is InChI=1S/C15H23NO3S/c1-11-7-8-16(12(2)9-11)20(18,19)15-6-4-5-14(10-15)13(3)17/h4-6,10-13,17H,7-9H2,1-3H3. The van der Waals surface area contributed by atoms with Crippen molar-refractivity contribution in [3.05, 3.63) is 29.8 Å². The summed E-state index contributed by atoms with van der Waals surface area (Å²) in [6, 6.07) is 6.63. The van der Waals surface area contributed by atoms with Crippen molar-refractivity contribution in [1.82, 2.24) is 4.31 Å². The van der Waals surface area contributed by atoms with Gasteiger partial charge in [0.15, 0.2) is 0 Å². The SMILES string of the molecule is CC1CCN(S(=O)(=O)c2cccc(C(C)O)c2)C(C)C1. The fourth-order valence-electron chi connectivity index (χ4n) is 2.81. The molecule has 1 heterocycles. The van der Waals surface area contributed by atoms with Gasteiger partial charge in [-0.3, -0.25) is 0 Å². The van der Waals surface area contributed by atoms with Crippen molar-refractivity contribution in [3.63, 3.8) is 0 Å². The first kappa shape index (κ1) is 15.5. The summed E-state index contributed by atoms with van der Waals surface area (Å²) in [7, 11) is -3.47. The highest BCUT2D eigenvalue weighted by molar-refractivity contribution is 7.89. The summed E-state index contributed by atoms with van der Waals surface area (Å²) in [6.45, 7) is 6.33. The predicted molar refractivity (Wildman–Crippen MR) is 78.8 cm³/mol. The first-order chi connectivity index (χ1) is 9.32. The van der Waals surface area contributed by atoms with Crippen LogP contribution in [0.15, 0.2) is 29.2 Å². The molecule has 0 spiro atoms. The Morgan fingerprint density at radius 1 is 1.35 bits per heavy atom. The average molecular weight is 297 g/mol. The summed E-state index contributed by atoms with van der Waals surface area (Å²) in [5, 5.41) is 9.60. The van der Waals surface area contributed by atoms with Crippen LogP contribution in [0.1, 0.15) is 45.3 Å². The normalized spacial score (nSPS) is 26.4. The number of piperidine rings is 1. The Hall–Kier alpha value is -0.910. The van der Waals surface area contributed by atoms with Crippen LogP contribution >= 0.6 is 0 Å². The van der Waals surface area contributed by atoms with E-state index in [1.54, 1.807) is 35.5 Å². The second kappa shape index (κ2) is 5.84. The van der Waals surface area contributed by atoms with Crippen LogP contribution in [0.4, 0.5) is 0 Å². The molecule has 3 atom stereocenters. The van der Waals surface area contributed by atoms with E-state index in [1.807, 2.05) is 6.92 Å². The maximum absolute atomic E-state index is 12.7. The van der Waals surface area contributed by atoms with Crippen LogP contribution in [-0.4, -0.2) is 30.4 Å².